The van der Waals surface area contributed by atoms with Crippen LogP contribution in [0.2, 0.25) is 0 Å². The number of halogens is 1. The summed E-state index contributed by atoms with van der Waals surface area (Å²) in [6, 6.07) is 8.03. The normalized spacial score (nSPS) is 23.7. The van der Waals surface area contributed by atoms with Gasteiger partial charge in [-0.15, -0.1) is 0 Å². The predicted molar refractivity (Wildman–Crippen MR) is 74.3 cm³/mol. The third-order valence-corrected chi connectivity index (χ3v) is 3.87. The molecule has 1 aromatic rings. The fourth-order valence-electron chi connectivity index (χ4n) is 2.29. The summed E-state index contributed by atoms with van der Waals surface area (Å²) in [5.74, 6) is 0.0683. The molecule has 0 saturated heterocycles. The second-order valence-corrected chi connectivity index (χ2v) is 5.79. The zero-order chi connectivity index (χ0) is 13.0. The molecule has 1 amide bonds. The Morgan fingerprint density at radius 1 is 1.22 bits per heavy atom. The van der Waals surface area contributed by atoms with Crippen molar-refractivity contribution >= 4 is 21.8 Å². The zero-order valence-electron chi connectivity index (χ0n) is 10.2. The minimum Gasteiger partial charge on any atom is -0.393 e. The number of carbonyl (C=O) groups excluding carboxylic acids is 1. The summed E-state index contributed by atoms with van der Waals surface area (Å²) >= 11 is 3.37. The standard InChI is InChI=1S/C14H18BrNO2/c15-11-3-1-10(2-4-11)9-14(18)16-12-5-7-13(17)8-6-12/h1-4,12-13,17H,5-9H2,(H,16,18). The van der Waals surface area contributed by atoms with Crippen LogP contribution in [0.5, 0.6) is 0 Å². The van der Waals surface area contributed by atoms with Gasteiger partial charge in [-0.1, -0.05) is 28.1 Å². The molecule has 0 unspecified atom stereocenters. The lowest BCUT2D eigenvalue weighted by molar-refractivity contribution is -0.121. The number of amides is 1. The van der Waals surface area contributed by atoms with Crippen molar-refractivity contribution in [2.24, 2.45) is 0 Å². The fourth-order valence-corrected chi connectivity index (χ4v) is 2.55. The van der Waals surface area contributed by atoms with Gasteiger partial charge in [-0.3, -0.25) is 4.79 Å². The smallest absolute Gasteiger partial charge is 0.224 e. The van der Waals surface area contributed by atoms with E-state index in [1.54, 1.807) is 0 Å². The number of benzene rings is 1. The van der Waals surface area contributed by atoms with Gasteiger partial charge in [0.2, 0.25) is 5.91 Å². The first-order valence-electron chi connectivity index (χ1n) is 6.35. The van der Waals surface area contributed by atoms with Crippen molar-refractivity contribution in [3.63, 3.8) is 0 Å². The fraction of sp³-hybridized carbons (Fsp3) is 0.500. The number of nitrogens with one attached hydrogen (secondary N) is 1. The van der Waals surface area contributed by atoms with Crippen LogP contribution in [0.3, 0.4) is 0 Å². The van der Waals surface area contributed by atoms with Gasteiger partial charge in [0.1, 0.15) is 0 Å². The molecule has 2 N–H and O–H groups in total. The molecule has 0 atom stereocenters. The van der Waals surface area contributed by atoms with Gasteiger partial charge in [-0.05, 0) is 43.4 Å². The lowest BCUT2D eigenvalue weighted by Crippen LogP contribution is -2.39. The highest BCUT2D eigenvalue weighted by atomic mass is 79.9. The van der Waals surface area contributed by atoms with Crippen LogP contribution in [0.15, 0.2) is 28.7 Å². The van der Waals surface area contributed by atoms with Gasteiger partial charge in [-0.25, -0.2) is 0 Å². The minimum absolute atomic E-state index is 0.0683. The summed E-state index contributed by atoms with van der Waals surface area (Å²) < 4.78 is 1.02. The third kappa shape index (κ3) is 4.10. The van der Waals surface area contributed by atoms with E-state index in [4.69, 9.17) is 0 Å². The van der Waals surface area contributed by atoms with E-state index in [-0.39, 0.29) is 18.1 Å². The van der Waals surface area contributed by atoms with Crippen LogP contribution in [-0.2, 0) is 11.2 Å². The van der Waals surface area contributed by atoms with Crippen LogP contribution in [0.25, 0.3) is 0 Å². The van der Waals surface area contributed by atoms with Crippen molar-refractivity contribution in [1.82, 2.24) is 5.32 Å². The van der Waals surface area contributed by atoms with E-state index in [9.17, 15) is 9.90 Å². The SMILES string of the molecule is O=C(Cc1ccc(Br)cc1)NC1CCC(O)CC1. The summed E-state index contributed by atoms with van der Waals surface area (Å²) in [6.07, 6.45) is 3.60. The highest BCUT2D eigenvalue weighted by Crippen LogP contribution is 2.18. The zero-order valence-corrected chi connectivity index (χ0v) is 11.8. The number of hydrogen-bond acceptors (Lipinski definition) is 2. The Labute approximate surface area is 116 Å². The molecule has 1 aliphatic carbocycles. The van der Waals surface area contributed by atoms with E-state index < -0.39 is 0 Å². The molecule has 1 aliphatic rings. The molecule has 0 aromatic heterocycles. The minimum atomic E-state index is -0.176. The van der Waals surface area contributed by atoms with E-state index in [1.165, 1.54) is 0 Å². The molecule has 2 rings (SSSR count). The van der Waals surface area contributed by atoms with Gasteiger partial charge < -0.3 is 10.4 Å². The van der Waals surface area contributed by atoms with E-state index in [2.05, 4.69) is 21.2 Å². The van der Waals surface area contributed by atoms with E-state index in [1.807, 2.05) is 24.3 Å². The monoisotopic (exact) mass is 311 g/mol. The summed E-state index contributed by atoms with van der Waals surface area (Å²) in [5, 5.41) is 12.4. The maximum atomic E-state index is 11.9. The van der Waals surface area contributed by atoms with Gasteiger partial charge in [0.15, 0.2) is 0 Å². The first-order chi connectivity index (χ1) is 8.63. The highest BCUT2D eigenvalue weighted by Gasteiger charge is 2.20. The average molecular weight is 312 g/mol. The summed E-state index contributed by atoms with van der Waals surface area (Å²) in [5.41, 5.74) is 1.02. The van der Waals surface area contributed by atoms with Crippen molar-refractivity contribution in [1.29, 1.82) is 0 Å². The number of hydrogen-bond donors (Lipinski definition) is 2. The Bertz CT molecular complexity index is 397. The van der Waals surface area contributed by atoms with Gasteiger partial charge in [0.25, 0.3) is 0 Å². The van der Waals surface area contributed by atoms with Crippen molar-refractivity contribution in [3.8, 4) is 0 Å². The average Bonchev–Trinajstić information content (AvgIpc) is 2.35. The predicted octanol–water partition coefficient (Wildman–Crippen LogP) is 2.41. The van der Waals surface area contributed by atoms with Gasteiger partial charge in [0, 0.05) is 10.5 Å². The van der Waals surface area contributed by atoms with Crippen LogP contribution < -0.4 is 5.32 Å². The highest BCUT2D eigenvalue weighted by molar-refractivity contribution is 9.10. The second kappa shape index (κ2) is 6.34. The molecule has 0 spiro atoms. The molecule has 98 valence electrons. The lowest BCUT2D eigenvalue weighted by Gasteiger charge is -2.26. The summed E-state index contributed by atoms with van der Waals surface area (Å²) in [4.78, 5) is 11.9. The van der Waals surface area contributed by atoms with E-state index in [0.29, 0.717) is 6.42 Å². The van der Waals surface area contributed by atoms with Gasteiger partial charge in [-0.2, -0.15) is 0 Å². The third-order valence-electron chi connectivity index (χ3n) is 3.34. The summed E-state index contributed by atoms with van der Waals surface area (Å²) in [6.45, 7) is 0. The molecule has 0 radical (unpaired) electrons. The number of aliphatic hydroxyl groups is 1. The Hall–Kier alpha value is -0.870. The molecule has 1 saturated carbocycles. The van der Waals surface area contributed by atoms with Crippen LogP contribution >= 0.6 is 15.9 Å². The van der Waals surface area contributed by atoms with E-state index >= 15 is 0 Å². The molecular weight excluding hydrogens is 294 g/mol. The molecule has 1 fully saturated rings. The van der Waals surface area contributed by atoms with Crippen molar-refractivity contribution in [2.45, 2.75) is 44.2 Å². The Kier molecular flexibility index (Phi) is 4.78. The Morgan fingerprint density at radius 3 is 2.44 bits per heavy atom. The van der Waals surface area contributed by atoms with Crippen molar-refractivity contribution in [2.75, 3.05) is 0 Å². The number of aliphatic hydroxyl groups excluding tert-OH is 1. The van der Waals surface area contributed by atoms with Crippen LogP contribution in [0.4, 0.5) is 0 Å². The summed E-state index contributed by atoms with van der Waals surface area (Å²) in [7, 11) is 0. The van der Waals surface area contributed by atoms with Crippen LogP contribution in [0.1, 0.15) is 31.2 Å². The second-order valence-electron chi connectivity index (χ2n) is 4.88. The Morgan fingerprint density at radius 2 is 1.83 bits per heavy atom. The first-order valence-corrected chi connectivity index (χ1v) is 7.14. The number of carbonyl (C=O) groups is 1. The maximum Gasteiger partial charge on any atom is 0.224 e. The van der Waals surface area contributed by atoms with Gasteiger partial charge in [0.05, 0.1) is 12.5 Å². The molecule has 1 aromatic carbocycles. The van der Waals surface area contributed by atoms with Crippen LogP contribution in [0, 0.1) is 0 Å². The van der Waals surface area contributed by atoms with Crippen molar-refractivity contribution < 1.29 is 9.90 Å². The number of rotatable bonds is 3. The quantitative estimate of drug-likeness (QED) is 0.900. The lowest BCUT2D eigenvalue weighted by atomic mass is 9.93. The largest absolute Gasteiger partial charge is 0.393 e. The molecule has 0 bridgehead atoms. The maximum absolute atomic E-state index is 11.9. The molecule has 18 heavy (non-hydrogen) atoms. The van der Waals surface area contributed by atoms with Gasteiger partial charge >= 0.3 is 0 Å². The first kappa shape index (κ1) is 13.6. The van der Waals surface area contributed by atoms with Crippen molar-refractivity contribution in [3.05, 3.63) is 34.3 Å². The molecule has 4 heteroatoms. The molecule has 0 aliphatic heterocycles. The molecular formula is C14H18BrNO2. The van der Waals surface area contributed by atoms with Crippen LogP contribution in [-0.4, -0.2) is 23.2 Å². The van der Waals surface area contributed by atoms with E-state index in [0.717, 1.165) is 35.7 Å². The molecule has 0 heterocycles. The Balaban J connectivity index is 1.80. The molecule has 3 nitrogen and oxygen atoms in total. The topological polar surface area (TPSA) is 49.3 Å².